The normalized spacial score (nSPS) is 37.8. The van der Waals surface area contributed by atoms with Crippen molar-refractivity contribution in [2.75, 3.05) is 0 Å². The molecule has 4 heteroatoms. The number of alkyl halides is 2. The maximum Gasteiger partial charge on any atom is 0.251 e. The number of hydrogen-bond donors (Lipinski definition) is 2. The lowest BCUT2D eigenvalue weighted by molar-refractivity contribution is -0.158. The molecule has 1 saturated carbocycles. The van der Waals surface area contributed by atoms with E-state index >= 15 is 0 Å². The molecule has 0 aromatic carbocycles. The van der Waals surface area contributed by atoms with Crippen LogP contribution in [0.15, 0.2) is 0 Å². The van der Waals surface area contributed by atoms with Gasteiger partial charge in [0.15, 0.2) is 0 Å². The molecule has 12 heavy (non-hydrogen) atoms. The lowest BCUT2D eigenvalue weighted by atomic mass is 9.79. The van der Waals surface area contributed by atoms with Crippen molar-refractivity contribution in [1.29, 1.82) is 0 Å². The summed E-state index contributed by atoms with van der Waals surface area (Å²) in [7, 11) is 0. The molecule has 0 saturated heterocycles. The highest BCUT2D eigenvalue weighted by atomic mass is 19.3. The summed E-state index contributed by atoms with van der Waals surface area (Å²) in [4.78, 5) is 0. The Balaban J connectivity index is 2.68. The molecule has 0 aliphatic heterocycles. The summed E-state index contributed by atoms with van der Waals surface area (Å²) in [5, 5.41) is 18.5. The number of halogens is 2. The van der Waals surface area contributed by atoms with Crippen molar-refractivity contribution < 1.29 is 19.0 Å². The van der Waals surface area contributed by atoms with Crippen LogP contribution in [0.2, 0.25) is 0 Å². The fourth-order valence-corrected chi connectivity index (χ4v) is 1.56. The summed E-state index contributed by atoms with van der Waals surface area (Å²) in [5.41, 5.74) is -1.69. The van der Waals surface area contributed by atoms with E-state index in [-0.39, 0.29) is 19.3 Å². The van der Waals surface area contributed by atoms with Gasteiger partial charge in [-0.2, -0.15) is 0 Å². The molecule has 2 atom stereocenters. The van der Waals surface area contributed by atoms with Gasteiger partial charge in [-0.3, -0.25) is 0 Å². The highest BCUT2D eigenvalue weighted by molar-refractivity contribution is 4.96. The van der Waals surface area contributed by atoms with Crippen LogP contribution in [0.1, 0.15) is 25.7 Å². The van der Waals surface area contributed by atoms with Gasteiger partial charge in [-0.1, -0.05) is 0 Å². The Labute approximate surface area is 70.2 Å². The van der Waals surface area contributed by atoms with E-state index < -0.39 is 24.0 Å². The standard InChI is InChI=1S/C8H13F2O2/c1-6(11)7(12)3-2-4-8(9,10)5-7/h6,11-12H,1-5H2. The van der Waals surface area contributed by atoms with Crippen molar-refractivity contribution in [3.05, 3.63) is 6.92 Å². The molecule has 2 nitrogen and oxygen atoms in total. The van der Waals surface area contributed by atoms with Crippen molar-refractivity contribution in [2.24, 2.45) is 0 Å². The summed E-state index contributed by atoms with van der Waals surface area (Å²) in [6.07, 6.45) is -1.78. The smallest absolute Gasteiger partial charge is 0.251 e. The third-order valence-electron chi connectivity index (χ3n) is 2.34. The minimum Gasteiger partial charge on any atom is -0.390 e. The zero-order valence-corrected chi connectivity index (χ0v) is 6.76. The van der Waals surface area contributed by atoms with Crippen LogP contribution < -0.4 is 0 Å². The van der Waals surface area contributed by atoms with Gasteiger partial charge < -0.3 is 10.2 Å². The van der Waals surface area contributed by atoms with Crippen LogP contribution in [0.5, 0.6) is 0 Å². The van der Waals surface area contributed by atoms with Crippen LogP contribution in [0.25, 0.3) is 0 Å². The minimum atomic E-state index is -2.86. The minimum absolute atomic E-state index is 0.202. The molecular formula is C8H13F2O2. The van der Waals surface area contributed by atoms with Gasteiger partial charge in [0.05, 0.1) is 11.7 Å². The summed E-state index contributed by atoms with van der Waals surface area (Å²) >= 11 is 0. The van der Waals surface area contributed by atoms with Gasteiger partial charge in [0.25, 0.3) is 5.92 Å². The highest BCUT2D eigenvalue weighted by Crippen LogP contribution is 2.40. The van der Waals surface area contributed by atoms with Crippen molar-refractivity contribution in [2.45, 2.75) is 43.3 Å². The molecule has 0 heterocycles. The molecule has 0 aromatic rings. The molecule has 0 spiro atoms. The fourth-order valence-electron chi connectivity index (χ4n) is 1.56. The average Bonchev–Trinajstić information content (AvgIpc) is 1.83. The van der Waals surface area contributed by atoms with E-state index in [0.717, 1.165) is 0 Å². The van der Waals surface area contributed by atoms with E-state index in [0.29, 0.717) is 0 Å². The third kappa shape index (κ3) is 1.93. The first-order chi connectivity index (χ1) is 5.36. The van der Waals surface area contributed by atoms with Gasteiger partial charge in [0.1, 0.15) is 0 Å². The average molecular weight is 179 g/mol. The molecule has 1 aliphatic carbocycles. The summed E-state index contributed by atoms with van der Waals surface area (Å²) in [6, 6.07) is 0. The van der Waals surface area contributed by atoms with Crippen molar-refractivity contribution in [1.82, 2.24) is 0 Å². The summed E-state index contributed by atoms with van der Waals surface area (Å²) < 4.78 is 25.5. The molecular weight excluding hydrogens is 166 g/mol. The SMILES string of the molecule is [CH2]C(O)C1(O)CCCC(F)(F)C1. The molecule has 2 unspecified atom stereocenters. The van der Waals surface area contributed by atoms with Gasteiger partial charge in [0.2, 0.25) is 0 Å². The lowest BCUT2D eigenvalue weighted by Gasteiger charge is -2.38. The molecule has 0 amide bonds. The van der Waals surface area contributed by atoms with Crippen LogP contribution in [0.3, 0.4) is 0 Å². The Hall–Kier alpha value is -0.220. The maximum absolute atomic E-state index is 12.8. The quantitative estimate of drug-likeness (QED) is 0.633. The van der Waals surface area contributed by atoms with Gasteiger partial charge in [-0.05, 0) is 19.8 Å². The van der Waals surface area contributed by atoms with Crippen LogP contribution in [0, 0.1) is 6.92 Å². The van der Waals surface area contributed by atoms with E-state index in [9.17, 15) is 13.9 Å². The Kier molecular flexibility index (Phi) is 2.40. The Morgan fingerprint density at radius 1 is 1.33 bits per heavy atom. The van der Waals surface area contributed by atoms with E-state index in [1.165, 1.54) is 0 Å². The predicted molar refractivity (Wildman–Crippen MR) is 39.7 cm³/mol. The zero-order chi connectivity index (χ0) is 9.41. The van der Waals surface area contributed by atoms with Crippen molar-refractivity contribution >= 4 is 0 Å². The van der Waals surface area contributed by atoms with Crippen LogP contribution in [0.4, 0.5) is 8.78 Å². The lowest BCUT2D eigenvalue weighted by Crippen LogP contribution is -2.48. The highest BCUT2D eigenvalue weighted by Gasteiger charge is 2.47. The van der Waals surface area contributed by atoms with Gasteiger partial charge in [-0.15, -0.1) is 0 Å². The molecule has 0 aromatic heterocycles. The van der Waals surface area contributed by atoms with Crippen LogP contribution >= 0.6 is 0 Å². The first kappa shape index (κ1) is 9.86. The summed E-state index contributed by atoms with van der Waals surface area (Å²) in [5.74, 6) is -2.86. The van der Waals surface area contributed by atoms with Crippen molar-refractivity contribution in [3.63, 3.8) is 0 Å². The monoisotopic (exact) mass is 179 g/mol. The summed E-state index contributed by atoms with van der Waals surface area (Å²) in [6.45, 7) is 3.17. The van der Waals surface area contributed by atoms with E-state index in [4.69, 9.17) is 5.11 Å². The second-order valence-corrected chi connectivity index (χ2v) is 3.51. The second kappa shape index (κ2) is 2.92. The number of hydrogen-bond acceptors (Lipinski definition) is 2. The molecule has 0 bridgehead atoms. The second-order valence-electron chi connectivity index (χ2n) is 3.51. The Bertz CT molecular complexity index is 170. The number of rotatable bonds is 1. The van der Waals surface area contributed by atoms with Crippen LogP contribution in [-0.4, -0.2) is 27.8 Å². The van der Waals surface area contributed by atoms with E-state index in [1.807, 2.05) is 0 Å². The molecule has 1 rings (SSSR count). The first-order valence-corrected chi connectivity index (χ1v) is 3.97. The molecule has 2 N–H and O–H groups in total. The van der Waals surface area contributed by atoms with Gasteiger partial charge in [0, 0.05) is 12.8 Å². The predicted octanol–water partition coefficient (Wildman–Crippen LogP) is 1.12. The molecule has 1 aliphatic rings. The van der Waals surface area contributed by atoms with Gasteiger partial charge in [-0.25, -0.2) is 8.78 Å². The van der Waals surface area contributed by atoms with Gasteiger partial charge >= 0.3 is 0 Å². The van der Waals surface area contributed by atoms with E-state index in [1.54, 1.807) is 0 Å². The number of aliphatic hydroxyl groups is 2. The van der Waals surface area contributed by atoms with E-state index in [2.05, 4.69) is 6.92 Å². The Morgan fingerprint density at radius 2 is 1.92 bits per heavy atom. The Morgan fingerprint density at radius 3 is 2.25 bits per heavy atom. The van der Waals surface area contributed by atoms with Crippen molar-refractivity contribution in [3.8, 4) is 0 Å². The zero-order valence-electron chi connectivity index (χ0n) is 6.76. The largest absolute Gasteiger partial charge is 0.390 e. The molecule has 1 fully saturated rings. The molecule has 1 radical (unpaired) electrons. The first-order valence-electron chi connectivity index (χ1n) is 3.97. The number of aliphatic hydroxyl groups excluding tert-OH is 1. The van der Waals surface area contributed by atoms with Crippen LogP contribution in [-0.2, 0) is 0 Å². The maximum atomic E-state index is 12.8. The fraction of sp³-hybridized carbons (Fsp3) is 0.875. The topological polar surface area (TPSA) is 40.5 Å². The molecule has 71 valence electrons. The third-order valence-corrected chi connectivity index (χ3v) is 2.34.